The largest absolute Gasteiger partial charge is 0.472 e. The molecule has 0 radical (unpaired) electrons. The lowest BCUT2D eigenvalue weighted by Crippen LogP contribution is -2.43. The molecular weight excluding hydrogens is 412 g/mol. The van der Waals surface area contributed by atoms with Crippen molar-refractivity contribution in [1.82, 2.24) is 0 Å². The van der Waals surface area contributed by atoms with Gasteiger partial charge in [-0.15, -0.1) is 0 Å². The predicted octanol–water partition coefficient (Wildman–Crippen LogP) is 3.82. The molecule has 6 atom stereocenters. The molecule has 5 aliphatic rings. The maximum Gasteiger partial charge on any atom is 0.317 e. The number of carbonyl (C=O) groups excluding carboxylic acids is 3. The fourth-order valence-corrected chi connectivity index (χ4v) is 7.31. The van der Waals surface area contributed by atoms with Crippen molar-refractivity contribution in [3.63, 3.8) is 0 Å². The molecule has 3 aliphatic heterocycles. The summed E-state index contributed by atoms with van der Waals surface area (Å²) >= 11 is 0. The lowest BCUT2D eigenvalue weighted by molar-refractivity contribution is -0.153. The quantitative estimate of drug-likeness (QED) is 0.508. The summed E-state index contributed by atoms with van der Waals surface area (Å²) in [5, 5.41) is 0. The first-order chi connectivity index (χ1) is 15.1. The van der Waals surface area contributed by atoms with Gasteiger partial charge in [0.2, 0.25) is 0 Å². The minimum Gasteiger partial charge on any atom is -0.472 e. The van der Waals surface area contributed by atoms with Crippen molar-refractivity contribution in [2.24, 2.45) is 16.7 Å². The molecule has 1 aromatic heterocycles. The molecule has 7 heteroatoms. The van der Waals surface area contributed by atoms with Crippen LogP contribution in [0.5, 0.6) is 0 Å². The van der Waals surface area contributed by atoms with Crippen molar-refractivity contribution >= 4 is 17.7 Å². The van der Waals surface area contributed by atoms with Crippen LogP contribution in [0.25, 0.3) is 0 Å². The number of Topliss-reactive ketones (excluding diaryl/α,β-unsaturated/α-hetero) is 1. The number of ketones is 1. The van der Waals surface area contributed by atoms with Crippen LogP contribution in [0.2, 0.25) is 0 Å². The van der Waals surface area contributed by atoms with Crippen LogP contribution < -0.4 is 0 Å². The van der Waals surface area contributed by atoms with Gasteiger partial charge >= 0.3 is 11.9 Å². The van der Waals surface area contributed by atoms with Crippen LogP contribution in [0.3, 0.4) is 0 Å². The Hall–Kier alpha value is -2.41. The van der Waals surface area contributed by atoms with Gasteiger partial charge in [0.25, 0.3) is 0 Å². The van der Waals surface area contributed by atoms with Gasteiger partial charge in [-0.1, -0.05) is 6.08 Å². The van der Waals surface area contributed by atoms with Gasteiger partial charge in [0.1, 0.15) is 23.6 Å². The maximum atomic E-state index is 13.3. The molecule has 0 aromatic carbocycles. The number of cyclic esters (lactones) is 1. The lowest BCUT2D eigenvalue weighted by Gasteiger charge is -2.33. The van der Waals surface area contributed by atoms with Crippen LogP contribution in [-0.4, -0.2) is 35.0 Å². The molecule has 0 spiro atoms. The number of allylic oxidation sites excluding steroid dienone is 1. The fraction of sp³-hybridized carbons (Fsp3) is 0.640. The molecular formula is C25H28O7. The smallest absolute Gasteiger partial charge is 0.317 e. The average Bonchev–Trinajstić information content (AvgIpc) is 2.96. The zero-order chi connectivity index (χ0) is 22.5. The molecule has 7 nitrogen and oxygen atoms in total. The van der Waals surface area contributed by atoms with E-state index in [0.29, 0.717) is 0 Å². The fourth-order valence-electron chi connectivity index (χ4n) is 7.31. The van der Waals surface area contributed by atoms with E-state index in [9.17, 15) is 14.4 Å². The summed E-state index contributed by atoms with van der Waals surface area (Å²) < 4.78 is 22.9. The number of furan rings is 1. The average molecular weight is 440 g/mol. The maximum absolute atomic E-state index is 13.3. The minimum atomic E-state index is -0.794. The van der Waals surface area contributed by atoms with Crippen LogP contribution in [-0.2, 0) is 28.6 Å². The molecule has 6 rings (SSSR count). The normalized spacial score (nSPS) is 43.1. The van der Waals surface area contributed by atoms with Crippen LogP contribution in [0.1, 0.15) is 71.0 Å². The minimum absolute atomic E-state index is 0.0411. The van der Waals surface area contributed by atoms with Gasteiger partial charge in [-0.25, -0.2) is 0 Å². The molecule has 0 N–H and O–H groups in total. The summed E-state index contributed by atoms with van der Waals surface area (Å²) in [6.07, 6.45) is 7.77. The summed E-state index contributed by atoms with van der Waals surface area (Å²) in [7, 11) is 0. The van der Waals surface area contributed by atoms with Crippen molar-refractivity contribution in [2.75, 3.05) is 0 Å². The molecule has 32 heavy (non-hydrogen) atoms. The third kappa shape index (κ3) is 2.38. The summed E-state index contributed by atoms with van der Waals surface area (Å²) in [6.45, 7) is 5.79. The van der Waals surface area contributed by atoms with Gasteiger partial charge in [0, 0.05) is 29.7 Å². The Kier molecular flexibility index (Phi) is 3.87. The summed E-state index contributed by atoms with van der Waals surface area (Å²) in [5.74, 6) is -0.692. The lowest BCUT2D eigenvalue weighted by atomic mass is 9.72. The van der Waals surface area contributed by atoms with E-state index in [1.54, 1.807) is 12.5 Å². The van der Waals surface area contributed by atoms with Crippen molar-refractivity contribution in [3.8, 4) is 0 Å². The second-order valence-corrected chi connectivity index (χ2v) is 10.9. The van der Waals surface area contributed by atoms with Crippen LogP contribution in [0.15, 0.2) is 34.7 Å². The Balaban J connectivity index is 1.23. The van der Waals surface area contributed by atoms with Crippen LogP contribution in [0, 0.1) is 16.7 Å². The monoisotopic (exact) mass is 440 g/mol. The van der Waals surface area contributed by atoms with Crippen molar-refractivity contribution in [2.45, 2.75) is 82.7 Å². The van der Waals surface area contributed by atoms with Gasteiger partial charge < -0.3 is 18.6 Å². The van der Waals surface area contributed by atoms with Gasteiger partial charge in [-0.05, 0) is 51.7 Å². The SMILES string of the molecule is CC1(C)O[C@H]2CC(=O)O[C@]2(C)[C@@H]1CC(=O)CC1=CCC[C@]23C[C@]12C(=O)O[C@@H]3c1ccoc1. The van der Waals surface area contributed by atoms with Gasteiger partial charge in [-0.3, -0.25) is 14.4 Å². The number of rotatable bonds is 5. The van der Waals surface area contributed by atoms with E-state index in [2.05, 4.69) is 6.08 Å². The highest BCUT2D eigenvalue weighted by Gasteiger charge is 2.82. The first-order valence-corrected chi connectivity index (χ1v) is 11.5. The Bertz CT molecular complexity index is 1050. The number of carbonyl (C=O) groups is 3. The highest BCUT2D eigenvalue weighted by atomic mass is 16.6. The summed E-state index contributed by atoms with van der Waals surface area (Å²) in [5.41, 5.74) is -0.541. The standard InChI is InChI=1S/C25H28O7/c1-22(2)17(23(3)18(31-22)11-19(27)32-23)10-16(26)9-15-5-4-7-24-13-25(15,24)21(28)30-20(24)14-6-8-29-12-14/h5-6,8,12,17-18,20H,4,7,9-11,13H2,1-3H3/t17-,18+,20-,23-,24-,25-/m1/s1. The molecule has 1 aromatic rings. The Morgan fingerprint density at radius 1 is 1.22 bits per heavy atom. The summed E-state index contributed by atoms with van der Waals surface area (Å²) in [4.78, 5) is 38.3. The van der Waals surface area contributed by atoms with E-state index >= 15 is 0 Å². The first-order valence-electron chi connectivity index (χ1n) is 11.5. The number of esters is 2. The second kappa shape index (κ2) is 6.13. The molecule has 2 aliphatic carbocycles. The third-order valence-corrected chi connectivity index (χ3v) is 8.88. The zero-order valence-corrected chi connectivity index (χ0v) is 18.6. The van der Waals surface area contributed by atoms with Crippen molar-refractivity contribution in [3.05, 3.63) is 35.8 Å². The Morgan fingerprint density at radius 2 is 2.03 bits per heavy atom. The van der Waals surface area contributed by atoms with Crippen LogP contribution >= 0.6 is 0 Å². The van der Waals surface area contributed by atoms with Gasteiger partial charge in [0.15, 0.2) is 0 Å². The molecule has 4 heterocycles. The number of fused-ring (bicyclic) bond motifs is 1. The third-order valence-electron chi connectivity index (χ3n) is 8.88. The predicted molar refractivity (Wildman–Crippen MR) is 110 cm³/mol. The van der Waals surface area contributed by atoms with Crippen LogP contribution in [0.4, 0.5) is 0 Å². The molecule has 1 saturated carbocycles. The van der Waals surface area contributed by atoms with Gasteiger partial charge in [-0.2, -0.15) is 0 Å². The highest BCUT2D eigenvalue weighted by Crippen LogP contribution is 2.82. The molecule has 0 unspecified atom stereocenters. The van der Waals surface area contributed by atoms with E-state index in [1.165, 1.54) is 0 Å². The topological polar surface area (TPSA) is 92.0 Å². The number of hydrogen-bond donors (Lipinski definition) is 0. The Labute approximate surface area is 186 Å². The van der Waals surface area contributed by atoms with Crippen molar-refractivity contribution in [1.29, 1.82) is 0 Å². The summed E-state index contributed by atoms with van der Waals surface area (Å²) in [6, 6.07) is 1.85. The zero-order valence-electron chi connectivity index (χ0n) is 18.6. The Morgan fingerprint density at radius 3 is 2.78 bits per heavy atom. The molecule has 0 bridgehead atoms. The first kappa shape index (κ1) is 20.2. The van der Waals surface area contributed by atoms with E-state index in [1.807, 2.05) is 26.8 Å². The van der Waals surface area contributed by atoms with E-state index in [0.717, 1.165) is 30.4 Å². The van der Waals surface area contributed by atoms with Crippen molar-refractivity contribution < 1.29 is 33.0 Å². The molecule has 0 amide bonds. The number of ether oxygens (including phenoxy) is 3. The van der Waals surface area contributed by atoms with Gasteiger partial charge in [0.05, 0.1) is 30.0 Å². The number of hydrogen-bond acceptors (Lipinski definition) is 7. The van der Waals surface area contributed by atoms with E-state index in [-0.39, 0.29) is 60.5 Å². The second-order valence-electron chi connectivity index (χ2n) is 10.9. The van der Waals surface area contributed by atoms with E-state index < -0.39 is 16.6 Å². The highest BCUT2D eigenvalue weighted by molar-refractivity contribution is 5.93. The molecule has 3 saturated heterocycles. The molecule has 170 valence electrons. The molecule has 4 fully saturated rings. The van der Waals surface area contributed by atoms with E-state index in [4.69, 9.17) is 18.6 Å².